The molecule has 0 atom stereocenters. The van der Waals surface area contributed by atoms with Gasteiger partial charge in [-0.25, -0.2) is 0 Å². The molecular formula is C15H19N3O. The average Bonchev–Trinajstić information content (AvgIpc) is 2.35. The number of amides is 1. The maximum atomic E-state index is 11.8. The number of carbonyl (C=O) groups is 1. The lowest BCUT2D eigenvalue weighted by atomic mass is 10.1. The summed E-state index contributed by atoms with van der Waals surface area (Å²) >= 11 is 0. The fourth-order valence-corrected chi connectivity index (χ4v) is 1.69. The fraction of sp³-hybridized carbons (Fsp3) is 0.333. The smallest absolute Gasteiger partial charge is 0.238 e. The van der Waals surface area contributed by atoms with Gasteiger partial charge in [0, 0.05) is 10.9 Å². The molecule has 0 unspecified atom stereocenters. The lowest BCUT2D eigenvalue weighted by molar-refractivity contribution is -0.115. The summed E-state index contributed by atoms with van der Waals surface area (Å²) in [4.78, 5) is 16.1. The van der Waals surface area contributed by atoms with Crippen LogP contribution in [0.25, 0.3) is 10.9 Å². The molecule has 0 bridgehead atoms. The minimum Gasteiger partial charge on any atom is -0.324 e. The van der Waals surface area contributed by atoms with Gasteiger partial charge in [0.15, 0.2) is 0 Å². The second-order valence-electron chi connectivity index (χ2n) is 5.57. The van der Waals surface area contributed by atoms with E-state index in [1.165, 1.54) is 0 Å². The van der Waals surface area contributed by atoms with E-state index in [2.05, 4.69) is 15.6 Å². The van der Waals surface area contributed by atoms with E-state index in [9.17, 15) is 4.79 Å². The molecule has 0 saturated heterocycles. The molecule has 2 aromatic rings. The zero-order valence-electron chi connectivity index (χ0n) is 11.5. The van der Waals surface area contributed by atoms with Gasteiger partial charge < -0.3 is 10.6 Å². The first-order valence-corrected chi connectivity index (χ1v) is 6.34. The standard InChI is InChI=1S/C15H19N3O/c1-15(2,3)17-10-14(19)18-12-8-11-6-4-5-7-13(11)16-9-12/h4-9,17H,10H2,1-3H3,(H,18,19). The molecule has 1 amide bonds. The van der Waals surface area contributed by atoms with Gasteiger partial charge in [-0.3, -0.25) is 9.78 Å². The Morgan fingerprint density at radius 2 is 2.00 bits per heavy atom. The Bertz CT molecular complexity index is 587. The summed E-state index contributed by atoms with van der Waals surface area (Å²) < 4.78 is 0. The molecule has 1 aromatic carbocycles. The number of nitrogens with zero attached hydrogens (tertiary/aromatic N) is 1. The quantitative estimate of drug-likeness (QED) is 0.888. The first-order valence-electron chi connectivity index (χ1n) is 6.34. The van der Waals surface area contributed by atoms with Crippen molar-refractivity contribution in [3.8, 4) is 0 Å². The van der Waals surface area contributed by atoms with Gasteiger partial charge in [-0.2, -0.15) is 0 Å². The molecule has 19 heavy (non-hydrogen) atoms. The Kier molecular flexibility index (Phi) is 3.81. The van der Waals surface area contributed by atoms with Crippen LogP contribution in [-0.2, 0) is 4.79 Å². The zero-order chi connectivity index (χ0) is 13.9. The van der Waals surface area contributed by atoms with E-state index < -0.39 is 0 Å². The second kappa shape index (κ2) is 5.36. The molecule has 0 fully saturated rings. The van der Waals surface area contributed by atoms with E-state index in [1.54, 1.807) is 6.20 Å². The Labute approximate surface area is 113 Å². The molecule has 1 aromatic heterocycles. The molecule has 0 aliphatic heterocycles. The van der Waals surface area contributed by atoms with Crippen LogP contribution in [0.3, 0.4) is 0 Å². The summed E-state index contributed by atoms with van der Waals surface area (Å²) in [5.74, 6) is -0.0630. The minimum atomic E-state index is -0.0705. The van der Waals surface area contributed by atoms with Crippen molar-refractivity contribution in [2.24, 2.45) is 0 Å². The molecule has 0 spiro atoms. The van der Waals surface area contributed by atoms with Crippen molar-refractivity contribution in [2.75, 3.05) is 11.9 Å². The number of para-hydroxylation sites is 1. The predicted octanol–water partition coefficient (Wildman–Crippen LogP) is 2.56. The number of benzene rings is 1. The van der Waals surface area contributed by atoms with Crippen LogP contribution in [0.5, 0.6) is 0 Å². The number of nitrogens with one attached hydrogen (secondary N) is 2. The SMILES string of the molecule is CC(C)(C)NCC(=O)Nc1cnc2ccccc2c1. The molecule has 0 saturated carbocycles. The van der Waals surface area contributed by atoms with Gasteiger partial charge in [-0.05, 0) is 32.9 Å². The van der Waals surface area contributed by atoms with Crippen molar-refractivity contribution in [1.82, 2.24) is 10.3 Å². The summed E-state index contributed by atoms with van der Waals surface area (Å²) in [5, 5.41) is 7.01. The third-order valence-electron chi connectivity index (χ3n) is 2.65. The molecule has 4 nitrogen and oxygen atoms in total. The van der Waals surface area contributed by atoms with Gasteiger partial charge in [0.2, 0.25) is 5.91 Å². The third kappa shape index (κ3) is 4.03. The second-order valence-corrected chi connectivity index (χ2v) is 5.57. The highest BCUT2D eigenvalue weighted by molar-refractivity contribution is 5.94. The van der Waals surface area contributed by atoms with Crippen molar-refractivity contribution in [3.05, 3.63) is 36.5 Å². The largest absolute Gasteiger partial charge is 0.324 e. The molecule has 0 aliphatic rings. The molecule has 0 aliphatic carbocycles. The average molecular weight is 257 g/mol. The number of fused-ring (bicyclic) bond motifs is 1. The van der Waals surface area contributed by atoms with Crippen LogP contribution in [0.4, 0.5) is 5.69 Å². The Hall–Kier alpha value is -1.94. The van der Waals surface area contributed by atoms with E-state index in [1.807, 2.05) is 51.1 Å². The summed E-state index contributed by atoms with van der Waals surface area (Å²) in [6.45, 7) is 6.36. The lowest BCUT2D eigenvalue weighted by Crippen LogP contribution is -2.41. The number of carbonyl (C=O) groups excluding carboxylic acids is 1. The van der Waals surface area contributed by atoms with Crippen molar-refractivity contribution < 1.29 is 4.79 Å². The molecule has 100 valence electrons. The normalized spacial score (nSPS) is 11.5. The van der Waals surface area contributed by atoms with Crippen LogP contribution >= 0.6 is 0 Å². The van der Waals surface area contributed by atoms with Crippen molar-refractivity contribution in [3.63, 3.8) is 0 Å². The highest BCUT2D eigenvalue weighted by atomic mass is 16.1. The zero-order valence-corrected chi connectivity index (χ0v) is 11.5. The Morgan fingerprint density at radius 1 is 1.26 bits per heavy atom. The van der Waals surface area contributed by atoms with Crippen molar-refractivity contribution >= 4 is 22.5 Å². The van der Waals surface area contributed by atoms with Gasteiger partial charge in [-0.15, -0.1) is 0 Å². The molecule has 1 heterocycles. The van der Waals surface area contributed by atoms with E-state index in [0.29, 0.717) is 0 Å². The van der Waals surface area contributed by atoms with Crippen LogP contribution in [0, 0.1) is 0 Å². The van der Waals surface area contributed by atoms with Crippen LogP contribution in [-0.4, -0.2) is 23.0 Å². The highest BCUT2D eigenvalue weighted by Gasteiger charge is 2.11. The maximum Gasteiger partial charge on any atom is 0.238 e. The number of pyridine rings is 1. The number of aromatic nitrogens is 1. The van der Waals surface area contributed by atoms with E-state index in [0.717, 1.165) is 16.6 Å². The monoisotopic (exact) mass is 257 g/mol. The van der Waals surface area contributed by atoms with E-state index >= 15 is 0 Å². The van der Waals surface area contributed by atoms with E-state index in [-0.39, 0.29) is 18.0 Å². The Balaban J connectivity index is 2.03. The molecule has 2 rings (SSSR count). The number of hydrogen-bond donors (Lipinski definition) is 2. The van der Waals surface area contributed by atoms with Crippen LogP contribution < -0.4 is 10.6 Å². The van der Waals surface area contributed by atoms with Crippen LogP contribution in [0.2, 0.25) is 0 Å². The summed E-state index contributed by atoms with van der Waals surface area (Å²) in [5.41, 5.74) is 1.58. The van der Waals surface area contributed by atoms with Gasteiger partial charge >= 0.3 is 0 Å². The minimum absolute atomic E-state index is 0.0630. The van der Waals surface area contributed by atoms with Crippen LogP contribution in [0.1, 0.15) is 20.8 Å². The van der Waals surface area contributed by atoms with Crippen molar-refractivity contribution in [2.45, 2.75) is 26.3 Å². The molecule has 2 N–H and O–H groups in total. The summed E-state index contributed by atoms with van der Waals surface area (Å²) in [7, 11) is 0. The third-order valence-corrected chi connectivity index (χ3v) is 2.65. The highest BCUT2D eigenvalue weighted by Crippen LogP contribution is 2.15. The van der Waals surface area contributed by atoms with Gasteiger partial charge in [0.05, 0.1) is 23.9 Å². The lowest BCUT2D eigenvalue weighted by Gasteiger charge is -2.20. The summed E-state index contributed by atoms with van der Waals surface area (Å²) in [6, 6.07) is 9.75. The molecule has 0 radical (unpaired) electrons. The fourth-order valence-electron chi connectivity index (χ4n) is 1.69. The first kappa shape index (κ1) is 13.5. The predicted molar refractivity (Wildman–Crippen MR) is 78.1 cm³/mol. The van der Waals surface area contributed by atoms with E-state index in [4.69, 9.17) is 0 Å². The molecule has 4 heteroatoms. The van der Waals surface area contributed by atoms with Gasteiger partial charge in [0.1, 0.15) is 0 Å². The summed E-state index contributed by atoms with van der Waals surface area (Å²) in [6.07, 6.45) is 1.68. The van der Waals surface area contributed by atoms with Crippen molar-refractivity contribution in [1.29, 1.82) is 0 Å². The number of anilines is 1. The number of hydrogen-bond acceptors (Lipinski definition) is 3. The topological polar surface area (TPSA) is 54.0 Å². The van der Waals surface area contributed by atoms with Gasteiger partial charge in [-0.1, -0.05) is 18.2 Å². The maximum absolute atomic E-state index is 11.8. The van der Waals surface area contributed by atoms with Crippen LogP contribution in [0.15, 0.2) is 36.5 Å². The molecular weight excluding hydrogens is 238 g/mol. The van der Waals surface area contributed by atoms with Gasteiger partial charge in [0.25, 0.3) is 0 Å². The first-order chi connectivity index (χ1) is 8.94. The number of rotatable bonds is 3. The Morgan fingerprint density at radius 3 is 2.74 bits per heavy atom.